The van der Waals surface area contributed by atoms with Crippen LogP contribution in [0.3, 0.4) is 0 Å². The van der Waals surface area contributed by atoms with E-state index in [9.17, 15) is 18.0 Å². The van der Waals surface area contributed by atoms with E-state index in [4.69, 9.17) is 9.47 Å². The number of rotatable bonds is 7. The third kappa shape index (κ3) is 3.99. The van der Waals surface area contributed by atoms with Crippen LogP contribution in [0.5, 0.6) is 5.75 Å². The highest BCUT2D eigenvalue weighted by Gasteiger charge is 2.54. The van der Waals surface area contributed by atoms with Crippen LogP contribution in [-0.4, -0.2) is 38.6 Å². The number of esters is 1. The molecule has 0 heterocycles. The molecule has 2 aromatic carbocycles. The highest BCUT2D eigenvalue weighted by atomic mass is 32.2. The summed E-state index contributed by atoms with van der Waals surface area (Å²) < 4.78 is 35.9. The fraction of sp³-hybridized carbons (Fsp3) is 0.391. The van der Waals surface area contributed by atoms with Crippen molar-refractivity contribution in [2.24, 2.45) is 0 Å². The molecule has 0 N–H and O–H groups in total. The van der Waals surface area contributed by atoms with E-state index in [1.807, 2.05) is 13.0 Å². The summed E-state index contributed by atoms with van der Waals surface area (Å²) in [6.07, 6.45) is 1.61. The average molecular weight is 431 g/mol. The molecule has 6 nitrogen and oxygen atoms in total. The van der Waals surface area contributed by atoms with E-state index in [-0.39, 0.29) is 17.7 Å². The lowest BCUT2D eigenvalue weighted by molar-refractivity contribution is -0.145. The van der Waals surface area contributed by atoms with Crippen molar-refractivity contribution in [1.82, 2.24) is 0 Å². The first-order chi connectivity index (χ1) is 14.2. The van der Waals surface area contributed by atoms with Crippen molar-refractivity contribution in [2.75, 3.05) is 13.7 Å². The van der Waals surface area contributed by atoms with Gasteiger partial charge in [-0.25, -0.2) is 8.42 Å². The first-order valence-corrected chi connectivity index (χ1v) is 11.4. The van der Waals surface area contributed by atoms with Crippen LogP contribution in [0.2, 0.25) is 0 Å². The molecule has 2 aromatic rings. The molecule has 7 heteroatoms. The normalized spacial score (nSPS) is 15.6. The number of hydrogen-bond acceptors (Lipinski definition) is 6. The lowest BCUT2D eigenvalue weighted by Gasteiger charge is -2.27. The zero-order chi connectivity index (χ0) is 21.9. The minimum absolute atomic E-state index is 0.153. The number of methoxy groups -OCH3 is 1. The van der Waals surface area contributed by atoms with Crippen molar-refractivity contribution in [1.29, 1.82) is 0 Å². The van der Waals surface area contributed by atoms with Crippen molar-refractivity contribution >= 4 is 21.6 Å². The predicted molar refractivity (Wildman–Crippen MR) is 113 cm³/mol. The second kappa shape index (κ2) is 8.60. The lowest BCUT2D eigenvalue weighted by atomic mass is 10.1. The second-order valence-electron chi connectivity index (χ2n) is 7.71. The molecule has 30 heavy (non-hydrogen) atoms. The maximum Gasteiger partial charge on any atom is 0.328 e. The third-order valence-electron chi connectivity index (χ3n) is 5.66. The molecule has 0 saturated heterocycles. The van der Waals surface area contributed by atoms with Gasteiger partial charge in [0.2, 0.25) is 0 Å². The highest BCUT2D eigenvalue weighted by Crippen LogP contribution is 2.42. The molecule has 0 bridgehead atoms. The van der Waals surface area contributed by atoms with Crippen LogP contribution in [-0.2, 0) is 19.4 Å². The number of Topliss-reactive ketones (excluding diaryl/α,β-unsaturated/α-hetero) is 1. The number of carbonyl (C=O) groups excluding carboxylic acids is 2. The Labute approximate surface area is 177 Å². The minimum atomic E-state index is -3.98. The summed E-state index contributed by atoms with van der Waals surface area (Å²) in [6, 6.07) is 11.7. The molecule has 0 aromatic heterocycles. The van der Waals surface area contributed by atoms with Crippen LogP contribution >= 0.6 is 0 Å². The van der Waals surface area contributed by atoms with Crippen LogP contribution in [0.15, 0.2) is 47.4 Å². The van der Waals surface area contributed by atoms with Crippen molar-refractivity contribution < 1.29 is 27.5 Å². The van der Waals surface area contributed by atoms with Gasteiger partial charge in [0.15, 0.2) is 27.0 Å². The van der Waals surface area contributed by atoms with Crippen molar-refractivity contribution in [2.45, 2.75) is 49.2 Å². The predicted octanol–water partition coefficient (Wildman–Crippen LogP) is 3.82. The standard InChI is InChI=1S/C23H26O6S/c1-16-9-10-17(2)21(13-16)30(26,27)23(11-4-5-12-23)22(25)29-15-20(24)18-7-6-8-19(14-18)28-3/h6-10,13-14H,4-5,11-12,15H2,1-3H3. The van der Waals surface area contributed by atoms with Crippen LogP contribution in [0, 0.1) is 13.8 Å². The molecule has 1 fully saturated rings. The Kier molecular flexibility index (Phi) is 6.31. The molecule has 0 radical (unpaired) electrons. The fourth-order valence-corrected chi connectivity index (χ4v) is 6.24. The van der Waals surface area contributed by atoms with E-state index < -0.39 is 32.9 Å². The van der Waals surface area contributed by atoms with E-state index in [0.29, 0.717) is 29.7 Å². The maximum atomic E-state index is 13.6. The summed E-state index contributed by atoms with van der Waals surface area (Å²) in [5.74, 6) is -0.756. The summed E-state index contributed by atoms with van der Waals surface area (Å²) in [6.45, 7) is 3.01. The Morgan fingerprint density at radius 3 is 2.40 bits per heavy atom. The summed E-state index contributed by atoms with van der Waals surface area (Å²) in [5.41, 5.74) is 1.72. The first kappa shape index (κ1) is 22.0. The molecular weight excluding hydrogens is 404 g/mol. The van der Waals surface area contributed by atoms with Gasteiger partial charge in [-0.3, -0.25) is 9.59 Å². The van der Waals surface area contributed by atoms with E-state index in [2.05, 4.69) is 0 Å². The minimum Gasteiger partial charge on any atom is -0.497 e. The summed E-state index contributed by atoms with van der Waals surface area (Å²) in [5, 5.41) is 0. The highest BCUT2D eigenvalue weighted by molar-refractivity contribution is 7.93. The largest absolute Gasteiger partial charge is 0.497 e. The van der Waals surface area contributed by atoms with Gasteiger partial charge < -0.3 is 9.47 Å². The SMILES string of the molecule is COc1cccc(C(=O)COC(=O)C2(S(=O)(=O)c3cc(C)ccc3C)CCCC2)c1. The molecule has 0 amide bonds. The molecular formula is C23H26O6S. The van der Waals surface area contributed by atoms with Crippen LogP contribution < -0.4 is 4.74 Å². The van der Waals surface area contributed by atoms with Crippen LogP contribution in [0.1, 0.15) is 47.2 Å². The second-order valence-corrected chi connectivity index (χ2v) is 9.93. The van der Waals surface area contributed by atoms with Gasteiger partial charge in [-0.05, 0) is 56.0 Å². The van der Waals surface area contributed by atoms with Gasteiger partial charge in [0.05, 0.1) is 12.0 Å². The zero-order valence-electron chi connectivity index (χ0n) is 17.4. The molecule has 0 unspecified atom stereocenters. The molecule has 0 spiro atoms. The summed E-state index contributed by atoms with van der Waals surface area (Å²) >= 11 is 0. The van der Waals surface area contributed by atoms with Crippen molar-refractivity contribution in [3.63, 3.8) is 0 Å². The average Bonchev–Trinajstić information content (AvgIpc) is 3.25. The third-order valence-corrected chi connectivity index (χ3v) is 8.28. The molecule has 1 aliphatic carbocycles. The van der Waals surface area contributed by atoms with Gasteiger partial charge in [-0.15, -0.1) is 0 Å². The Balaban J connectivity index is 1.85. The Morgan fingerprint density at radius 2 is 1.73 bits per heavy atom. The van der Waals surface area contributed by atoms with Gasteiger partial charge in [0.25, 0.3) is 0 Å². The molecule has 0 aliphatic heterocycles. The smallest absolute Gasteiger partial charge is 0.328 e. The molecule has 160 valence electrons. The van der Waals surface area contributed by atoms with E-state index in [0.717, 1.165) is 5.56 Å². The van der Waals surface area contributed by atoms with Crippen molar-refractivity contribution in [3.8, 4) is 5.75 Å². The van der Waals surface area contributed by atoms with Crippen LogP contribution in [0.4, 0.5) is 0 Å². The lowest BCUT2D eigenvalue weighted by Crippen LogP contribution is -2.46. The fourth-order valence-electron chi connectivity index (χ4n) is 3.88. The van der Waals surface area contributed by atoms with Crippen LogP contribution in [0.25, 0.3) is 0 Å². The number of ketones is 1. The molecule has 3 rings (SSSR count). The number of aryl methyl sites for hydroxylation is 2. The molecule has 1 saturated carbocycles. The quantitative estimate of drug-likeness (QED) is 0.490. The number of carbonyl (C=O) groups is 2. The number of sulfone groups is 1. The Morgan fingerprint density at radius 1 is 1.03 bits per heavy atom. The van der Waals surface area contributed by atoms with Crippen molar-refractivity contribution in [3.05, 3.63) is 59.2 Å². The first-order valence-electron chi connectivity index (χ1n) is 9.88. The summed E-state index contributed by atoms with van der Waals surface area (Å²) in [4.78, 5) is 25.7. The van der Waals surface area contributed by atoms with Gasteiger partial charge in [-0.2, -0.15) is 0 Å². The van der Waals surface area contributed by atoms with Gasteiger partial charge in [0.1, 0.15) is 5.75 Å². The molecule has 0 atom stereocenters. The van der Waals surface area contributed by atoms with Gasteiger partial charge in [0, 0.05) is 5.56 Å². The van der Waals surface area contributed by atoms with E-state index >= 15 is 0 Å². The number of hydrogen-bond donors (Lipinski definition) is 0. The van der Waals surface area contributed by atoms with E-state index in [1.165, 1.54) is 7.11 Å². The van der Waals surface area contributed by atoms with Gasteiger partial charge in [-0.1, -0.05) is 37.1 Å². The topological polar surface area (TPSA) is 86.7 Å². The number of ether oxygens (including phenoxy) is 2. The monoisotopic (exact) mass is 430 g/mol. The Bertz CT molecular complexity index is 1060. The Hall–Kier alpha value is -2.67. The van der Waals surface area contributed by atoms with Gasteiger partial charge >= 0.3 is 5.97 Å². The zero-order valence-corrected chi connectivity index (χ0v) is 18.3. The summed E-state index contributed by atoms with van der Waals surface area (Å²) in [7, 11) is -2.49. The van der Waals surface area contributed by atoms with E-state index in [1.54, 1.807) is 43.3 Å². The molecule has 1 aliphatic rings. The number of benzene rings is 2. The maximum absolute atomic E-state index is 13.6.